The SMILES string of the molecule is C=C/C=C(\C=C/C)CNCC=C.CC. The molecule has 0 aromatic heterocycles. The van der Waals surface area contributed by atoms with Crippen molar-refractivity contribution < 1.29 is 0 Å². The molecule has 0 bridgehead atoms. The average Bonchev–Trinajstić information content (AvgIpc) is 2.22. The van der Waals surface area contributed by atoms with Gasteiger partial charge in [-0.1, -0.05) is 50.8 Å². The maximum Gasteiger partial charge on any atom is 0.0208 e. The summed E-state index contributed by atoms with van der Waals surface area (Å²) >= 11 is 0. The van der Waals surface area contributed by atoms with Gasteiger partial charge < -0.3 is 5.32 Å². The molecule has 0 fully saturated rings. The van der Waals surface area contributed by atoms with Crippen molar-refractivity contribution in [2.24, 2.45) is 0 Å². The fourth-order valence-electron chi connectivity index (χ4n) is 0.857. The number of rotatable bonds is 6. The highest BCUT2D eigenvalue weighted by Gasteiger charge is 1.87. The van der Waals surface area contributed by atoms with Crippen molar-refractivity contribution in [2.45, 2.75) is 20.8 Å². The molecular formula is C13H23N. The molecule has 0 heterocycles. The van der Waals surface area contributed by atoms with Crippen LogP contribution in [0, 0.1) is 0 Å². The molecule has 1 N–H and O–H groups in total. The van der Waals surface area contributed by atoms with Crippen LogP contribution in [0.15, 0.2) is 49.1 Å². The molecule has 14 heavy (non-hydrogen) atoms. The summed E-state index contributed by atoms with van der Waals surface area (Å²) in [5.74, 6) is 0. The van der Waals surface area contributed by atoms with Crippen LogP contribution >= 0.6 is 0 Å². The molecule has 1 nitrogen and oxygen atoms in total. The van der Waals surface area contributed by atoms with Gasteiger partial charge in [-0.3, -0.25) is 0 Å². The molecule has 0 aromatic rings. The maximum atomic E-state index is 3.65. The predicted molar refractivity (Wildman–Crippen MR) is 67.5 cm³/mol. The summed E-state index contributed by atoms with van der Waals surface area (Å²) in [6.45, 7) is 15.0. The zero-order valence-corrected chi connectivity index (χ0v) is 9.72. The van der Waals surface area contributed by atoms with E-state index in [2.05, 4.69) is 24.6 Å². The van der Waals surface area contributed by atoms with Crippen molar-refractivity contribution in [2.75, 3.05) is 13.1 Å². The largest absolute Gasteiger partial charge is 0.309 e. The minimum atomic E-state index is 0.839. The fraction of sp³-hybridized carbons (Fsp3) is 0.385. The van der Waals surface area contributed by atoms with Crippen molar-refractivity contribution in [3.05, 3.63) is 49.1 Å². The smallest absolute Gasteiger partial charge is 0.0208 e. The third-order valence-electron chi connectivity index (χ3n) is 1.33. The first kappa shape index (κ1) is 15.4. The van der Waals surface area contributed by atoms with Gasteiger partial charge in [0.15, 0.2) is 0 Å². The van der Waals surface area contributed by atoms with Crippen LogP contribution < -0.4 is 5.32 Å². The molecule has 0 rings (SSSR count). The first-order valence-corrected chi connectivity index (χ1v) is 5.11. The van der Waals surface area contributed by atoms with Gasteiger partial charge in [0, 0.05) is 13.1 Å². The Hall–Kier alpha value is -1.08. The summed E-state index contributed by atoms with van der Waals surface area (Å²) in [7, 11) is 0. The molecule has 0 radical (unpaired) electrons. The van der Waals surface area contributed by atoms with Gasteiger partial charge in [-0.25, -0.2) is 0 Å². The van der Waals surface area contributed by atoms with Crippen molar-refractivity contribution in [1.29, 1.82) is 0 Å². The van der Waals surface area contributed by atoms with E-state index >= 15 is 0 Å². The quantitative estimate of drug-likeness (QED) is 0.387. The number of hydrogen-bond donors (Lipinski definition) is 1. The van der Waals surface area contributed by atoms with Crippen LogP contribution in [0.5, 0.6) is 0 Å². The van der Waals surface area contributed by atoms with E-state index in [-0.39, 0.29) is 0 Å². The van der Waals surface area contributed by atoms with Crippen LogP contribution in [0.4, 0.5) is 0 Å². The second-order valence-corrected chi connectivity index (χ2v) is 2.40. The molecule has 0 saturated heterocycles. The van der Waals surface area contributed by atoms with Crippen LogP contribution in [-0.4, -0.2) is 13.1 Å². The summed E-state index contributed by atoms with van der Waals surface area (Å²) in [4.78, 5) is 0. The first-order valence-electron chi connectivity index (χ1n) is 5.11. The summed E-state index contributed by atoms with van der Waals surface area (Å²) < 4.78 is 0. The number of allylic oxidation sites excluding steroid dienone is 3. The van der Waals surface area contributed by atoms with Gasteiger partial charge >= 0.3 is 0 Å². The molecule has 0 spiro atoms. The lowest BCUT2D eigenvalue weighted by molar-refractivity contribution is 0.826. The zero-order valence-electron chi connectivity index (χ0n) is 9.72. The van der Waals surface area contributed by atoms with Gasteiger partial charge in [0.05, 0.1) is 0 Å². The Bertz CT molecular complexity index is 187. The summed E-state index contributed by atoms with van der Waals surface area (Å²) in [5, 5.41) is 3.22. The van der Waals surface area contributed by atoms with E-state index in [0.29, 0.717) is 0 Å². The van der Waals surface area contributed by atoms with Crippen LogP contribution in [0.25, 0.3) is 0 Å². The second kappa shape index (κ2) is 14.4. The van der Waals surface area contributed by atoms with E-state index in [1.54, 1.807) is 6.08 Å². The van der Waals surface area contributed by atoms with E-state index in [1.807, 2.05) is 39.0 Å². The molecule has 1 heteroatoms. The van der Waals surface area contributed by atoms with E-state index < -0.39 is 0 Å². The van der Waals surface area contributed by atoms with E-state index in [9.17, 15) is 0 Å². The molecule has 0 unspecified atom stereocenters. The van der Waals surface area contributed by atoms with E-state index in [4.69, 9.17) is 0 Å². The van der Waals surface area contributed by atoms with Crippen LogP contribution in [0.3, 0.4) is 0 Å². The topological polar surface area (TPSA) is 12.0 Å². The van der Waals surface area contributed by atoms with Gasteiger partial charge in [-0.2, -0.15) is 0 Å². The van der Waals surface area contributed by atoms with E-state index in [0.717, 1.165) is 13.1 Å². The number of nitrogens with one attached hydrogen (secondary N) is 1. The van der Waals surface area contributed by atoms with Gasteiger partial charge in [0.2, 0.25) is 0 Å². The Kier molecular flexibility index (Phi) is 15.9. The normalized spacial score (nSPS) is 10.6. The van der Waals surface area contributed by atoms with Crippen molar-refractivity contribution in [1.82, 2.24) is 5.32 Å². The molecule has 80 valence electrons. The highest BCUT2D eigenvalue weighted by Crippen LogP contribution is 1.94. The van der Waals surface area contributed by atoms with Crippen LogP contribution in [-0.2, 0) is 0 Å². The molecular weight excluding hydrogens is 170 g/mol. The van der Waals surface area contributed by atoms with Crippen molar-refractivity contribution in [3.63, 3.8) is 0 Å². The van der Waals surface area contributed by atoms with E-state index in [1.165, 1.54) is 5.57 Å². The predicted octanol–water partition coefficient (Wildman–Crippen LogP) is 3.48. The van der Waals surface area contributed by atoms with Gasteiger partial charge in [0.25, 0.3) is 0 Å². The molecule has 0 aromatic carbocycles. The Morgan fingerprint density at radius 3 is 2.36 bits per heavy atom. The molecule has 0 atom stereocenters. The lowest BCUT2D eigenvalue weighted by atomic mass is 10.2. The molecule has 0 aliphatic rings. The summed E-state index contributed by atoms with van der Waals surface area (Å²) in [6, 6.07) is 0. The van der Waals surface area contributed by atoms with Gasteiger partial charge in [-0.05, 0) is 12.5 Å². The van der Waals surface area contributed by atoms with Gasteiger partial charge in [0.1, 0.15) is 0 Å². The standard InChI is InChI=1S/C11H17N.C2H6/c1-4-7-11(8-5-2)10-12-9-6-3;1-2/h4-8,12H,1,3,9-10H2,2H3;1-2H3/b8-5-,11-7+;. The lowest BCUT2D eigenvalue weighted by Crippen LogP contribution is -2.15. The Morgan fingerprint density at radius 2 is 1.93 bits per heavy atom. The monoisotopic (exact) mass is 193 g/mol. The minimum absolute atomic E-state index is 0.839. The van der Waals surface area contributed by atoms with Crippen LogP contribution in [0.1, 0.15) is 20.8 Å². The summed E-state index contributed by atoms with van der Waals surface area (Å²) in [6.07, 6.45) is 9.73. The Labute approximate surface area is 88.9 Å². The molecule has 0 aliphatic heterocycles. The first-order chi connectivity index (χ1) is 6.85. The maximum absolute atomic E-state index is 3.65. The lowest BCUT2D eigenvalue weighted by Gasteiger charge is -2.01. The number of hydrogen-bond acceptors (Lipinski definition) is 1. The molecule has 0 amide bonds. The highest BCUT2D eigenvalue weighted by molar-refractivity contribution is 5.23. The zero-order chi connectivity index (χ0) is 11.2. The Balaban J connectivity index is 0. The molecule has 0 aliphatic carbocycles. The van der Waals surface area contributed by atoms with Crippen molar-refractivity contribution in [3.8, 4) is 0 Å². The van der Waals surface area contributed by atoms with Crippen molar-refractivity contribution >= 4 is 0 Å². The molecule has 0 saturated carbocycles. The Morgan fingerprint density at radius 1 is 1.29 bits per heavy atom. The fourth-order valence-corrected chi connectivity index (χ4v) is 0.857. The van der Waals surface area contributed by atoms with Crippen LogP contribution in [0.2, 0.25) is 0 Å². The third-order valence-corrected chi connectivity index (χ3v) is 1.33. The third kappa shape index (κ3) is 10.9. The minimum Gasteiger partial charge on any atom is -0.309 e. The average molecular weight is 193 g/mol. The second-order valence-electron chi connectivity index (χ2n) is 2.40. The summed E-state index contributed by atoms with van der Waals surface area (Å²) in [5.41, 5.74) is 1.23. The van der Waals surface area contributed by atoms with Gasteiger partial charge in [-0.15, -0.1) is 6.58 Å². The highest BCUT2D eigenvalue weighted by atomic mass is 14.8.